The van der Waals surface area contributed by atoms with Gasteiger partial charge in [-0.15, -0.1) is 0 Å². The van der Waals surface area contributed by atoms with Crippen LogP contribution in [0.2, 0.25) is 0 Å². The summed E-state index contributed by atoms with van der Waals surface area (Å²) in [6.07, 6.45) is 0.757. The van der Waals surface area contributed by atoms with Crippen LogP contribution in [0.15, 0.2) is 0 Å². The van der Waals surface area contributed by atoms with Gasteiger partial charge in [-0.3, -0.25) is 14.4 Å². The number of ether oxygens (including phenoxy) is 1. The zero-order valence-electron chi connectivity index (χ0n) is 7.25. The van der Waals surface area contributed by atoms with E-state index >= 15 is 0 Å². The molecule has 0 saturated carbocycles. The summed E-state index contributed by atoms with van der Waals surface area (Å²) in [6, 6.07) is 0. The lowest BCUT2D eigenvalue weighted by Crippen LogP contribution is -2.13. The summed E-state index contributed by atoms with van der Waals surface area (Å²) in [7, 11) is 0. The second-order valence-electron chi connectivity index (χ2n) is 2.43. The Kier molecular flexibility index (Phi) is 4.92. The van der Waals surface area contributed by atoms with Gasteiger partial charge in [0, 0.05) is 13.3 Å². The first kappa shape index (κ1) is 10.8. The van der Waals surface area contributed by atoms with Crippen molar-refractivity contribution in [1.82, 2.24) is 0 Å². The lowest BCUT2D eigenvalue weighted by Gasteiger charge is -1.97. The summed E-state index contributed by atoms with van der Waals surface area (Å²) in [5.41, 5.74) is 0. The van der Waals surface area contributed by atoms with Crippen LogP contribution >= 0.6 is 0 Å². The number of hydrogen-bond donors (Lipinski definition) is 0. The van der Waals surface area contributed by atoms with E-state index in [9.17, 15) is 14.4 Å². The van der Waals surface area contributed by atoms with Gasteiger partial charge in [0.2, 0.25) is 0 Å². The standard InChI is InChI=1S/C8H12O4/c1-3-4-7(10)5-8(11)12-6(2)9/h3-5H2,1-2H3. The highest BCUT2D eigenvalue weighted by atomic mass is 16.6. The van der Waals surface area contributed by atoms with E-state index in [1.807, 2.05) is 6.92 Å². The van der Waals surface area contributed by atoms with Gasteiger partial charge in [0.15, 0.2) is 0 Å². The predicted octanol–water partition coefficient (Wildman–Crippen LogP) is 0.835. The third kappa shape index (κ3) is 5.58. The molecule has 0 fully saturated rings. The minimum atomic E-state index is -0.763. The van der Waals surface area contributed by atoms with Crippen molar-refractivity contribution in [2.45, 2.75) is 33.1 Å². The van der Waals surface area contributed by atoms with Crippen molar-refractivity contribution < 1.29 is 19.1 Å². The highest BCUT2D eigenvalue weighted by Crippen LogP contribution is 1.96. The van der Waals surface area contributed by atoms with E-state index in [4.69, 9.17) is 0 Å². The molecular formula is C8H12O4. The highest BCUT2D eigenvalue weighted by molar-refractivity contribution is 5.98. The smallest absolute Gasteiger partial charge is 0.320 e. The second kappa shape index (κ2) is 5.46. The molecule has 4 heteroatoms. The van der Waals surface area contributed by atoms with Crippen molar-refractivity contribution in [2.24, 2.45) is 0 Å². The molecule has 0 aliphatic heterocycles. The molecule has 68 valence electrons. The molecule has 0 aliphatic carbocycles. The Morgan fingerprint density at radius 3 is 2.25 bits per heavy atom. The average Bonchev–Trinajstić information content (AvgIpc) is 1.84. The molecule has 0 heterocycles. The number of carbonyl (C=O) groups excluding carboxylic acids is 3. The maximum Gasteiger partial charge on any atom is 0.320 e. The summed E-state index contributed by atoms with van der Waals surface area (Å²) in [5.74, 6) is -1.63. The molecule has 0 aliphatic rings. The van der Waals surface area contributed by atoms with Gasteiger partial charge in [-0.05, 0) is 6.42 Å². The van der Waals surface area contributed by atoms with Gasteiger partial charge in [-0.2, -0.15) is 0 Å². The molecule has 0 aromatic heterocycles. The van der Waals surface area contributed by atoms with Crippen LogP contribution in [0.25, 0.3) is 0 Å². The van der Waals surface area contributed by atoms with E-state index < -0.39 is 11.9 Å². The lowest BCUT2D eigenvalue weighted by atomic mass is 10.2. The molecule has 0 radical (unpaired) electrons. The van der Waals surface area contributed by atoms with Gasteiger partial charge in [0.1, 0.15) is 12.2 Å². The first-order valence-electron chi connectivity index (χ1n) is 3.79. The van der Waals surface area contributed by atoms with Gasteiger partial charge in [0.05, 0.1) is 0 Å². The lowest BCUT2D eigenvalue weighted by molar-refractivity contribution is -0.158. The van der Waals surface area contributed by atoms with Crippen molar-refractivity contribution in [3.63, 3.8) is 0 Å². The van der Waals surface area contributed by atoms with E-state index in [0.717, 1.165) is 6.92 Å². The zero-order chi connectivity index (χ0) is 9.56. The second-order valence-corrected chi connectivity index (χ2v) is 2.43. The fraction of sp³-hybridized carbons (Fsp3) is 0.625. The Morgan fingerprint density at radius 2 is 1.83 bits per heavy atom. The maximum atomic E-state index is 10.8. The third-order valence-electron chi connectivity index (χ3n) is 1.13. The van der Waals surface area contributed by atoms with Crippen LogP contribution < -0.4 is 0 Å². The number of hydrogen-bond acceptors (Lipinski definition) is 4. The molecule has 0 amide bonds. The number of esters is 2. The molecule has 12 heavy (non-hydrogen) atoms. The average molecular weight is 172 g/mol. The first-order valence-corrected chi connectivity index (χ1v) is 3.79. The normalized spacial score (nSPS) is 9.17. The quantitative estimate of drug-likeness (QED) is 0.465. The van der Waals surface area contributed by atoms with Crippen LogP contribution in [0.4, 0.5) is 0 Å². The van der Waals surface area contributed by atoms with Crippen LogP contribution in [0.5, 0.6) is 0 Å². The first-order chi connectivity index (χ1) is 5.56. The number of rotatable bonds is 4. The van der Waals surface area contributed by atoms with Crippen LogP contribution in [0, 0.1) is 0 Å². The topological polar surface area (TPSA) is 60.4 Å². The van der Waals surface area contributed by atoms with Crippen molar-refractivity contribution in [2.75, 3.05) is 0 Å². The van der Waals surface area contributed by atoms with Crippen LogP contribution in [0.1, 0.15) is 33.1 Å². The van der Waals surface area contributed by atoms with E-state index in [0.29, 0.717) is 12.8 Å². The molecule has 0 aromatic rings. The fourth-order valence-corrected chi connectivity index (χ4v) is 0.725. The highest BCUT2D eigenvalue weighted by Gasteiger charge is 2.11. The van der Waals surface area contributed by atoms with E-state index in [1.165, 1.54) is 0 Å². The molecule has 4 nitrogen and oxygen atoms in total. The van der Waals surface area contributed by atoms with Gasteiger partial charge >= 0.3 is 11.9 Å². The van der Waals surface area contributed by atoms with Gasteiger partial charge in [-0.25, -0.2) is 0 Å². The Hall–Kier alpha value is -1.19. The summed E-state index contributed by atoms with van der Waals surface area (Å²) >= 11 is 0. The molecular weight excluding hydrogens is 160 g/mol. The van der Waals surface area contributed by atoms with Crippen molar-refractivity contribution in [1.29, 1.82) is 0 Å². The number of carbonyl (C=O) groups is 3. The van der Waals surface area contributed by atoms with Gasteiger partial charge < -0.3 is 4.74 Å². The Bertz CT molecular complexity index is 195. The van der Waals surface area contributed by atoms with Crippen molar-refractivity contribution in [3.05, 3.63) is 0 Å². The van der Waals surface area contributed by atoms with Crippen LogP contribution in [-0.2, 0) is 19.1 Å². The molecule has 0 aromatic carbocycles. The summed E-state index contributed by atoms with van der Waals surface area (Å²) in [6.45, 7) is 2.97. The van der Waals surface area contributed by atoms with E-state index in [-0.39, 0.29) is 12.2 Å². The maximum absolute atomic E-state index is 10.8. The van der Waals surface area contributed by atoms with Crippen LogP contribution in [-0.4, -0.2) is 17.7 Å². The molecule has 0 N–H and O–H groups in total. The fourth-order valence-electron chi connectivity index (χ4n) is 0.725. The largest absolute Gasteiger partial charge is 0.393 e. The Balaban J connectivity index is 3.69. The number of Topliss-reactive ketones (excluding diaryl/α,β-unsaturated/α-hetero) is 1. The Labute approximate surface area is 70.9 Å². The predicted molar refractivity (Wildman–Crippen MR) is 41.3 cm³/mol. The SMILES string of the molecule is CCCC(=O)CC(=O)OC(C)=O. The Morgan fingerprint density at radius 1 is 1.25 bits per heavy atom. The van der Waals surface area contributed by atoms with Crippen LogP contribution in [0.3, 0.4) is 0 Å². The van der Waals surface area contributed by atoms with Gasteiger partial charge in [-0.1, -0.05) is 6.92 Å². The summed E-state index contributed by atoms with van der Waals surface area (Å²) in [4.78, 5) is 31.7. The monoisotopic (exact) mass is 172 g/mol. The van der Waals surface area contributed by atoms with E-state index in [2.05, 4.69) is 4.74 Å². The third-order valence-corrected chi connectivity index (χ3v) is 1.13. The molecule has 0 rings (SSSR count). The molecule has 0 spiro atoms. The minimum Gasteiger partial charge on any atom is -0.393 e. The summed E-state index contributed by atoms with van der Waals surface area (Å²) in [5, 5.41) is 0. The molecule has 0 saturated heterocycles. The zero-order valence-corrected chi connectivity index (χ0v) is 7.25. The van der Waals surface area contributed by atoms with E-state index in [1.54, 1.807) is 0 Å². The van der Waals surface area contributed by atoms with Gasteiger partial charge in [0.25, 0.3) is 0 Å². The molecule has 0 bridgehead atoms. The minimum absolute atomic E-state index is 0.191. The summed E-state index contributed by atoms with van der Waals surface area (Å²) < 4.78 is 4.17. The van der Waals surface area contributed by atoms with Crippen molar-refractivity contribution in [3.8, 4) is 0 Å². The number of ketones is 1. The molecule has 0 unspecified atom stereocenters. The molecule has 0 atom stereocenters. The van der Waals surface area contributed by atoms with Crippen molar-refractivity contribution >= 4 is 17.7 Å².